The Kier molecular flexibility index (Phi) is 7.49. The van der Waals surface area contributed by atoms with Crippen molar-refractivity contribution in [1.82, 2.24) is 5.09 Å². The molecule has 0 radical (unpaired) electrons. The Morgan fingerprint density at radius 2 is 1.47 bits per heavy atom. The first-order valence-corrected chi connectivity index (χ1v) is 10.3. The Morgan fingerprint density at radius 1 is 0.933 bits per heavy atom. The predicted molar refractivity (Wildman–Crippen MR) is 100 cm³/mol. The molecule has 2 aromatic carbocycles. The molecular weight excluding hydrogens is 429 g/mol. The number of ether oxygens (including phenoxy) is 1. The van der Waals surface area contributed by atoms with Gasteiger partial charge in [0.1, 0.15) is 11.8 Å². The Balaban J connectivity index is 2.45. The molecular formula is C19H20F4NO5P. The molecule has 30 heavy (non-hydrogen) atoms. The van der Waals surface area contributed by atoms with E-state index < -0.39 is 60.4 Å². The van der Waals surface area contributed by atoms with Crippen LogP contribution in [0.2, 0.25) is 0 Å². The first-order valence-electron chi connectivity index (χ1n) is 8.80. The van der Waals surface area contributed by atoms with Crippen molar-refractivity contribution in [1.29, 1.82) is 0 Å². The zero-order valence-corrected chi connectivity index (χ0v) is 17.4. The van der Waals surface area contributed by atoms with Gasteiger partial charge in [-0.25, -0.2) is 13.3 Å². The van der Waals surface area contributed by atoms with Gasteiger partial charge in [-0.05, 0) is 39.8 Å². The number of nitrogens with one attached hydrogen (secondary N) is 1. The van der Waals surface area contributed by atoms with E-state index in [-0.39, 0.29) is 5.75 Å². The summed E-state index contributed by atoms with van der Waals surface area (Å²) in [7, 11) is -4.79. The molecule has 2 rings (SSSR count). The normalized spacial score (nSPS) is 14.2. The number of esters is 1. The molecule has 0 aliphatic rings. The van der Waals surface area contributed by atoms with Crippen molar-refractivity contribution in [3.63, 3.8) is 0 Å². The zero-order chi connectivity index (χ0) is 22.6. The second-order valence-corrected chi connectivity index (χ2v) is 8.16. The number of rotatable bonds is 8. The van der Waals surface area contributed by atoms with E-state index in [2.05, 4.69) is 5.09 Å². The first kappa shape index (κ1) is 23.7. The lowest BCUT2D eigenvalue weighted by atomic mass is 10.2. The molecule has 6 nitrogen and oxygen atoms in total. The fourth-order valence-electron chi connectivity index (χ4n) is 2.24. The number of hydrogen-bond donors (Lipinski definition) is 1. The van der Waals surface area contributed by atoms with Crippen LogP contribution in [0.4, 0.5) is 17.6 Å². The van der Waals surface area contributed by atoms with E-state index in [4.69, 9.17) is 13.8 Å². The first-order chi connectivity index (χ1) is 13.9. The molecule has 1 unspecified atom stereocenters. The molecule has 0 bridgehead atoms. The Bertz CT molecular complexity index is 942. The molecule has 1 N–H and O–H groups in total. The minimum atomic E-state index is -4.79. The number of para-hydroxylation sites is 1. The standard InChI is InChI=1S/C19H20F4NO5P/c1-10(2)27-19(25)12(4)24-30(26,28-13-8-6-5-7-9-13)29-18-16(22)14(20)11(3)15(21)17(18)23/h5-10,12H,1-4H3,(H,24,26)/t12-,30?/m1/s1. The topological polar surface area (TPSA) is 73.9 Å². The fraction of sp³-hybridized carbons (Fsp3) is 0.316. The summed E-state index contributed by atoms with van der Waals surface area (Å²) in [5.41, 5.74) is -0.919. The van der Waals surface area contributed by atoms with Crippen LogP contribution in [0, 0.1) is 30.2 Å². The van der Waals surface area contributed by atoms with Crippen molar-refractivity contribution in [2.24, 2.45) is 0 Å². The summed E-state index contributed by atoms with van der Waals surface area (Å²) < 4.78 is 84.4. The Morgan fingerprint density at radius 3 is 1.97 bits per heavy atom. The molecule has 0 aliphatic carbocycles. The monoisotopic (exact) mass is 449 g/mol. The minimum Gasteiger partial charge on any atom is -0.462 e. The summed E-state index contributed by atoms with van der Waals surface area (Å²) in [4.78, 5) is 12.0. The van der Waals surface area contributed by atoms with Gasteiger partial charge in [0.05, 0.1) is 6.10 Å². The average Bonchev–Trinajstić information content (AvgIpc) is 2.68. The number of hydrogen-bond acceptors (Lipinski definition) is 5. The van der Waals surface area contributed by atoms with Gasteiger partial charge >= 0.3 is 13.7 Å². The van der Waals surface area contributed by atoms with E-state index in [9.17, 15) is 26.9 Å². The van der Waals surface area contributed by atoms with Crippen LogP contribution in [0.1, 0.15) is 26.3 Å². The van der Waals surface area contributed by atoms with E-state index in [1.54, 1.807) is 19.9 Å². The molecule has 0 aromatic heterocycles. The maximum absolute atomic E-state index is 14.2. The predicted octanol–water partition coefficient (Wildman–Crippen LogP) is 5.05. The van der Waals surface area contributed by atoms with Crippen molar-refractivity contribution in [3.05, 3.63) is 59.2 Å². The quantitative estimate of drug-likeness (QED) is 0.263. The molecule has 0 aliphatic heterocycles. The molecule has 0 saturated carbocycles. The third-order valence-corrected chi connectivity index (χ3v) is 5.26. The fourth-order valence-corrected chi connectivity index (χ4v) is 3.76. The van der Waals surface area contributed by atoms with Gasteiger partial charge in [-0.2, -0.15) is 13.9 Å². The van der Waals surface area contributed by atoms with E-state index in [1.807, 2.05) is 0 Å². The third-order valence-electron chi connectivity index (χ3n) is 3.68. The highest BCUT2D eigenvalue weighted by Crippen LogP contribution is 2.47. The maximum atomic E-state index is 14.2. The zero-order valence-electron chi connectivity index (χ0n) is 16.5. The van der Waals surface area contributed by atoms with Crippen molar-refractivity contribution < 1.29 is 40.7 Å². The Labute approximate surface area is 170 Å². The van der Waals surface area contributed by atoms with Crippen molar-refractivity contribution >= 4 is 13.7 Å². The highest BCUT2D eigenvalue weighted by Gasteiger charge is 2.37. The number of benzene rings is 2. The van der Waals surface area contributed by atoms with Crippen LogP contribution in [0.5, 0.6) is 11.5 Å². The number of carbonyl (C=O) groups excluding carboxylic acids is 1. The lowest BCUT2D eigenvalue weighted by Gasteiger charge is -2.24. The van der Waals surface area contributed by atoms with Crippen LogP contribution < -0.4 is 14.1 Å². The smallest absolute Gasteiger partial charge is 0.462 e. The average molecular weight is 449 g/mol. The molecule has 11 heteroatoms. The van der Waals surface area contributed by atoms with E-state index >= 15 is 0 Å². The van der Waals surface area contributed by atoms with Gasteiger partial charge in [-0.15, -0.1) is 0 Å². The SMILES string of the molecule is Cc1c(F)c(F)c(OP(=O)(N[C@H](C)C(=O)OC(C)C)Oc2ccccc2)c(F)c1F. The largest absolute Gasteiger partial charge is 0.513 e. The lowest BCUT2D eigenvalue weighted by molar-refractivity contribution is -0.149. The summed E-state index contributed by atoms with van der Waals surface area (Å²) in [6.45, 7) is 5.20. The molecule has 0 spiro atoms. The summed E-state index contributed by atoms with van der Waals surface area (Å²) in [5, 5.41) is 2.16. The number of carbonyl (C=O) groups is 1. The van der Waals surface area contributed by atoms with Crippen molar-refractivity contribution in [3.8, 4) is 11.5 Å². The molecule has 0 amide bonds. The van der Waals surface area contributed by atoms with Gasteiger partial charge < -0.3 is 13.8 Å². The second kappa shape index (κ2) is 9.49. The van der Waals surface area contributed by atoms with Gasteiger partial charge in [0.2, 0.25) is 17.4 Å². The van der Waals surface area contributed by atoms with Gasteiger partial charge in [0.15, 0.2) is 11.6 Å². The highest BCUT2D eigenvalue weighted by molar-refractivity contribution is 7.52. The van der Waals surface area contributed by atoms with Gasteiger partial charge in [-0.1, -0.05) is 18.2 Å². The second-order valence-electron chi connectivity index (χ2n) is 6.54. The summed E-state index contributed by atoms with van der Waals surface area (Å²) in [5.74, 6) is -9.76. The summed E-state index contributed by atoms with van der Waals surface area (Å²) >= 11 is 0. The van der Waals surface area contributed by atoms with Crippen LogP contribution >= 0.6 is 7.75 Å². The molecule has 0 saturated heterocycles. The summed E-state index contributed by atoms with van der Waals surface area (Å²) in [6, 6.07) is 5.98. The lowest BCUT2D eigenvalue weighted by Crippen LogP contribution is -2.37. The van der Waals surface area contributed by atoms with E-state index in [0.29, 0.717) is 0 Å². The molecule has 0 heterocycles. The van der Waals surface area contributed by atoms with Gasteiger partial charge in [0.25, 0.3) is 0 Å². The van der Waals surface area contributed by atoms with Crippen LogP contribution in [0.3, 0.4) is 0 Å². The highest BCUT2D eigenvalue weighted by atomic mass is 31.2. The van der Waals surface area contributed by atoms with Crippen LogP contribution in [-0.4, -0.2) is 18.1 Å². The van der Waals surface area contributed by atoms with E-state index in [1.165, 1.54) is 31.2 Å². The van der Waals surface area contributed by atoms with Crippen molar-refractivity contribution in [2.45, 2.75) is 39.8 Å². The summed E-state index contributed by atoms with van der Waals surface area (Å²) in [6.07, 6.45) is -0.507. The molecule has 2 aromatic rings. The van der Waals surface area contributed by atoms with Crippen molar-refractivity contribution in [2.75, 3.05) is 0 Å². The Hall–Kier alpha value is -2.58. The van der Waals surface area contributed by atoms with Crippen LogP contribution in [-0.2, 0) is 14.1 Å². The molecule has 0 fully saturated rings. The molecule has 164 valence electrons. The van der Waals surface area contributed by atoms with Crippen LogP contribution in [0.15, 0.2) is 30.3 Å². The third kappa shape index (κ3) is 5.52. The van der Waals surface area contributed by atoms with Gasteiger partial charge in [-0.3, -0.25) is 4.79 Å². The minimum absolute atomic E-state index is 0.0633. The van der Waals surface area contributed by atoms with Gasteiger partial charge in [0, 0.05) is 5.56 Å². The maximum Gasteiger partial charge on any atom is 0.513 e. The molecule has 2 atom stereocenters. The van der Waals surface area contributed by atoms with E-state index in [0.717, 1.165) is 6.92 Å². The number of halogens is 4. The van der Waals surface area contributed by atoms with Crippen LogP contribution in [0.25, 0.3) is 0 Å².